The Morgan fingerprint density at radius 1 is 1.62 bits per heavy atom. The van der Waals surface area contributed by atoms with Crippen LogP contribution >= 0.6 is 0 Å². The van der Waals surface area contributed by atoms with Gasteiger partial charge in [-0.1, -0.05) is 13.3 Å². The molecule has 2 unspecified atom stereocenters. The number of nitrogens with one attached hydrogen (secondary N) is 1. The van der Waals surface area contributed by atoms with Crippen molar-refractivity contribution in [1.82, 2.24) is 5.32 Å². The minimum Gasteiger partial charge on any atom is -0.313 e. The van der Waals surface area contributed by atoms with Crippen molar-refractivity contribution in [3.8, 4) is 0 Å². The number of fused-ring (bicyclic) bond motifs is 1. The molecule has 2 rings (SSSR count). The molecule has 0 aromatic rings. The maximum atomic E-state index is 3.45. The molecule has 1 heterocycles. The minimum absolute atomic E-state index is 0.944. The molecule has 3 atom stereocenters. The van der Waals surface area contributed by atoms with Crippen molar-refractivity contribution >= 4 is 0 Å². The Kier molecular flexibility index (Phi) is 0.884. The minimum atomic E-state index is 0.944. The molecule has 1 saturated carbocycles. The first-order valence-corrected chi connectivity index (χ1v) is 3.65. The molecule has 1 aliphatic carbocycles. The van der Waals surface area contributed by atoms with Crippen molar-refractivity contribution in [3.05, 3.63) is 0 Å². The lowest BCUT2D eigenvalue weighted by Gasteiger charge is -2.53. The summed E-state index contributed by atoms with van der Waals surface area (Å²) in [6, 6.07) is 0.944. The Labute approximate surface area is 50.5 Å². The van der Waals surface area contributed by atoms with Gasteiger partial charge in [0, 0.05) is 6.04 Å². The first kappa shape index (κ1) is 4.80. The second-order valence-corrected chi connectivity index (χ2v) is 3.10. The average Bonchev–Trinajstić information content (AvgIpc) is 1.76. The second kappa shape index (κ2) is 1.47. The predicted molar refractivity (Wildman–Crippen MR) is 33.7 cm³/mol. The van der Waals surface area contributed by atoms with Gasteiger partial charge in [-0.15, -0.1) is 0 Å². The fraction of sp³-hybridized carbons (Fsp3) is 1.00. The monoisotopic (exact) mass is 111 g/mol. The first-order chi connectivity index (χ1) is 3.92. The molecular weight excluding hydrogens is 98.1 g/mol. The van der Waals surface area contributed by atoms with Gasteiger partial charge in [-0.2, -0.15) is 0 Å². The van der Waals surface area contributed by atoms with Crippen LogP contribution in [0.3, 0.4) is 0 Å². The zero-order valence-corrected chi connectivity index (χ0v) is 5.35. The number of hydrogen-bond acceptors (Lipinski definition) is 1. The normalized spacial score (nSPS) is 51.4. The van der Waals surface area contributed by atoms with Crippen molar-refractivity contribution < 1.29 is 0 Å². The van der Waals surface area contributed by atoms with Gasteiger partial charge in [-0.3, -0.25) is 0 Å². The quantitative estimate of drug-likeness (QED) is 0.532. The fourth-order valence-electron chi connectivity index (χ4n) is 1.96. The van der Waals surface area contributed by atoms with Crippen LogP contribution in [0.4, 0.5) is 0 Å². The molecule has 8 heavy (non-hydrogen) atoms. The SMILES string of the molecule is CCC1C[C@H]2CNC12. The van der Waals surface area contributed by atoms with Crippen LogP contribution in [-0.2, 0) is 0 Å². The molecule has 1 heteroatoms. The molecule has 0 aromatic carbocycles. The van der Waals surface area contributed by atoms with Crippen LogP contribution in [0.1, 0.15) is 19.8 Å². The van der Waals surface area contributed by atoms with Crippen LogP contribution in [-0.4, -0.2) is 12.6 Å². The van der Waals surface area contributed by atoms with Crippen molar-refractivity contribution in [1.29, 1.82) is 0 Å². The molecule has 1 aliphatic heterocycles. The van der Waals surface area contributed by atoms with E-state index >= 15 is 0 Å². The molecule has 0 spiro atoms. The highest BCUT2D eigenvalue weighted by Gasteiger charge is 2.45. The van der Waals surface area contributed by atoms with Gasteiger partial charge >= 0.3 is 0 Å². The van der Waals surface area contributed by atoms with Crippen LogP contribution in [0.25, 0.3) is 0 Å². The Bertz CT molecular complexity index is 98.6. The van der Waals surface area contributed by atoms with Crippen LogP contribution in [0.15, 0.2) is 0 Å². The highest BCUT2D eigenvalue weighted by atomic mass is 15.0. The molecule has 1 N–H and O–H groups in total. The molecule has 2 aliphatic rings. The van der Waals surface area contributed by atoms with E-state index in [4.69, 9.17) is 0 Å². The Morgan fingerprint density at radius 3 is 2.62 bits per heavy atom. The molecule has 0 radical (unpaired) electrons. The van der Waals surface area contributed by atoms with Gasteiger partial charge in [-0.25, -0.2) is 0 Å². The van der Waals surface area contributed by atoms with E-state index in [1.54, 1.807) is 0 Å². The summed E-state index contributed by atoms with van der Waals surface area (Å²) in [6.07, 6.45) is 2.89. The van der Waals surface area contributed by atoms with Crippen LogP contribution in [0.5, 0.6) is 0 Å². The first-order valence-electron chi connectivity index (χ1n) is 3.65. The second-order valence-electron chi connectivity index (χ2n) is 3.10. The summed E-state index contributed by atoms with van der Waals surface area (Å²) in [5, 5.41) is 3.45. The molecular formula is C7H13N. The Morgan fingerprint density at radius 2 is 2.50 bits per heavy atom. The highest BCUT2D eigenvalue weighted by Crippen LogP contribution is 2.41. The standard InChI is InChI=1S/C7H13N/c1-2-5-3-6-4-8-7(5)6/h5-8H,2-4H2,1H3/t5?,6-,7?/m0/s1. The van der Waals surface area contributed by atoms with Gasteiger partial charge in [0.1, 0.15) is 0 Å². The maximum Gasteiger partial charge on any atom is 0.0136 e. The fourth-order valence-corrected chi connectivity index (χ4v) is 1.96. The summed E-state index contributed by atoms with van der Waals surface area (Å²) >= 11 is 0. The Balaban J connectivity index is 1.89. The highest BCUT2D eigenvalue weighted by molar-refractivity contribution is 5.02. The number of hydrogen-bond donors (Lipinski definition) is 1. The van der Waals surface area contributed by atoms with Crippen LogP contribution < -0.4 is 5.32 Å². The molecule has 1 nitrogen and oxygen atoms in total. The molecule has 0 aromatic heterocycles. The third kappa shape index (κ3) is 0.408. The summed E-state index contributed by atoms with van der Waals surface area (Å²) in [5.74, 6) is 2.12. The van der Waals surface area contributed by atoms with Crippen molar-refractivity contribution in [2.75, 3.05) is 6.54 Å². The number of piperidine rings is 1. The third-order valence-electron chi connectivity index (χ3n) is 2.76. The third-order valence-corrected chi connectivity index (χ3v) is 2.76. The lowest BCUT2D eigenvalue weighted by molar-refractivity contribution is 0.0268. The topological polar surface area (TPSA) is 12.0 Å². The van der Waals surface area contributed by atoms with E-state index in [0.717, 1.165) is 17.9 Å². The smallest absolute Gasteiger partial charge is 0.0136 e. The van der Waals surface area contributed by atoms with Gasteiger partial charge in [-0.05, 0) is 24.8 Å². The van der Waals surface area contributed by atoms with E-state index < -0.39 is 0 Å². The van der Waals surface area contributed by atoms with Crippen molar-refractivity contribution in [2.45, 2.75) is 25.8 Å². The van der Waals surface area contributed by atoms with E-state index in [2.05, 4.69) is 12.2 Å². The number of rotatable bonds is 1. The van der Waals surface area contributed by atoms with Crippen LogP contribution in [0, 0.1) is 11.8 Å². The molecule has 46 valence electrons. The molecule has 0 bridgehead atoms. The summed E-state index contributed by atoms with van der Waals surface area (Å²) in [7, 11) is 0. The van der Waals surface area contributed by atoms with E-state index in [-0.39, 0.29) is 0 Å². The van der Waals surface area contributed by atoms with Crippen molar-refractivity contribution in [2.24, 2.45) is 11.8 Å². The van der Waals surface area contributed by atoms with Gasteiger partial charge in [0.2, 0.25) is 0 Å². The summed E-state index contributed by atoms with van der Waals surface area (Å²) in [4.78, 5) is 0. The van der Waals surface area contributed by atoms with E-state index in [0.29, 0.717) is 0 Å². The molecule has 2 fully saturated rings. The maximum absolute atomic E-state index is 3.45. The largest absolute Gasteiger partial charge is 0.313 e. The lowest BCUT2D eigenvalue weighted by Crippen LogP contribution is -2.64. The summed E-state index contributed by atoms with van der Waals surface area (Å²) in [6.45, 7) is 3.60. The molecule has 1 saturated heterocycles. The average molecular weight is 111 g/mol. The zero-order valence-electron chi connectivity index (χ0n) is 5.35. The van der Waals surface area contributed by atoms with Gasteiger partial charge in [0.15, 0.2) is 0 Å². The summed E-state index contributed by atoms with van der Waals surface area (Å²) in [5.41, 5.74) is 0. The zero-order chi connectivity index (χ0) is 5.56. The lowest BCUT2D eigenvalue weighted by atomic mass is 9.64. The summed E-state index contributed by atoms with van der Waals surface area (Å²) < 4.78 is 0. The van der Waals surface area contributed by atoms with Crippen LogP contribution in [0.2, 0.25) is 0 Å². The van der Waals surface area contributed by atoms with Crippen molar-refractivity contribution in [3.63, 3.8) is 0 Å². The van der Waals surface area contributed by atoms with E-state index in [9.17, 15) is 0 Å². The van der Waals surface area contributed by atoms with E-state index in [1.807, 2.05) is 0 Å². The molecule has 0 amide bonds. The predicted octanol–water partition coefficient (Wildman–Crippen LogP) is 1.00. The van der Waals surface area contributed by atoms with Gasteiger partial charge in [0.05, 0.1) is 0 Å². The van der Waals surface area contributed by atoms with Gasteiger partial charge in [0.25, 0.3) is 0 Å². The Hall–Kier alpha value is -0.0400. The van der Waals surface area contributed by atoms with E-state index in [1.165, 1.54) is 19.4 Å². The van der Waals surface area contributed by atoms with Gasteiger partial charge < -0.3 is 5.32 Å².